The van der Waals surface area contributed by atoms with Crippen molar-refractivity contribution in [2.24, 2.45) is 0 Å². The monoisotopic (exact) mass is 272 g/mol. The molecular weight excluding hydrogens is 252 g/mol. The van der Waals surface area contributed by atoms with E-state index in [4.69, 9.17) is 0 Å². The van der Waals surface area contributed by atoms with E-state index in [1.165, 1.54) is 13.0 Å². The van der Waals surface area contributed by atoms with Crippen LogP contribution in [0.5, 0.6) is 0 Å². The van der Waals surface area contributed by atoms with E-state index >= 15 is 0 Å². The molecule has 1 aromatic carbocycles. The van der Waals surface area contributed by atoms with Gasteiger partial charge in [-0.25, -0.2) is 4.68 Å². The van der Waals surface area contributed by atoms with Crippen LogP contribution in [0.15, 0.2) is 30.6 Å². The minimum atomic E-state index is 0.538. The molecule has 1 fully saturated rings. The lowest BCUT2D eigenvalue weighted by Gasteiger charge is -2.20. The Labute approximate surface area is 118 Å². The fourth-order valence-electron chi connectivity index (χ4n) is 2.60. The van der Waals surface area contributed by atoms with Crippen molar-refractivity contribution in [3.63, 3.8) is 0 Å². The van der Waals surface area contributed by atoms with Crippen molar-refractivity contribution in [1.82, 2.24) is 25.1 Å². The quantitative estimate of drug-likeness (QED) is 0.915. The summed E-state index contributed by atoms with van der Waals surface area (Å²) in [6, 6.07) is 9.37. The van der Waals surface area contributed by atoms with Crippen molar-refractivity contribution in [1.29, 1.82) is 0 Å². The molecule has 0 saturated carbocycles. The molecule has 2 aromatic rings. The molecule has 6 nitrogen and oxygen atoms in total. The topological polar surface area (TPSA) is 58.9 Å². The van der Waals surface area contributed by atoms with Gasteiger partial charge in [0.25, 0.3) is 0 Å². The molecule has 2 heterocycles. The van der Waals surface area contributed by atoms with Crippen LogP contribution in [0.1, 0.15) is 20.3 Å². The molecule has 0 radical (unpaired) electrons. The summed E-state index contributed by atoms with van der Waals surface area (Å²) in [5, 5.41) is 14.8. The van der Waals surface area contributed by atoms with Crippen molar-refractivity contribution in [2.45, 2.75) is 32.4 Å². The number of hydrogen-bond donors (Lipinski definition) is 1. The van der Waals surface area contributed by atoms with E-state index in [1.54, 1.807) is 11.0 Å². The van der Waals surface area contributed by atoms with Gasteiger partial charge in [-0.3, -0.25) is 4.90 Å². The maximum Gasteiger partial charge on any atom is 0.143 e. The SMILES string of the molecule is CC(C)N1CCC(Nc2ccc(-n3cnnn3)cc2)C1. The van der Waals surface area contributed by atoms with Crippen LogP contribution in [0.4, 0.5) is 5.69 Å². The summed E-state index contributed by atoms with van der Waals surface area (Å²) in [7, 11) is 0. The number of likely N-dealkylation sites (tertiary alicyclic amines) is 1. The molecule has 0 spiro atoms. The van der Waals surface area contributed by atoms with E-state index in [0.717, 1.165) is 17.9 Å². The number of anilines is 1. The van der Waals surface area contributed by atoms with E-state index in [0.29, 0.717) is 12.1 Å². The van der Waals surface area contributed by atoms with Crippen molar-refractivity contribution in [3.05, 3.63) is 30.6 Å². The lowest BCUT2D eigenvalue weighted by atomic mass is 10.2. The highest BCUT2D eigenvalue weighted by Gasteiger charge is 2.23. The predicted molar refractivity (Wildman–Crippen MR) is 77.9 cm³/mol. The van der Waals surface area contributed by atoms with Gasteiger partial charge in [-0.1, -0.05) is 0 Å². The highest BCUT2D eigenvalue weighted by Crippen LogP contribution is 2.18. The highest BCUT2D eigenvalue weighted by molar-refractivity contribution is 5.49. The molecule has 1 aromatic heterocycles. The van der Waals surface area contributed by atoms with Crippen LogP contribution in [0.2, 0.25) is 0 Å². The van der Waals surface area contributed by atoms with E-state index in [9.17, 15) is 0 Å². The van der Waals surface area contributed by atoms with Crippen LogP contribution in [-0.2, 0) is 0 Å². The first-order valence-corrected chi connectivity index (χ1v) is 7.06. The van der Waals surface area contributed by atoms with Gasteiger partial charge in [0.2, 0.25) is 0 Å². The number of benzene rings is 1. The lowest BCUT2D eigenvalue weighted by Crippen LogP contribution is -2.31. The largest absolute Gasteiger partial charge is 0.381 e. The maximum atomic E-state index is 3.88. The second kappa shape index (κ2) is 5.58. The van der Waals surface area contributed by atoms with Crippen LogP contribution in [0.25, 0.3) is 5.69 Å². The second-order valence-electron chi connectivity index (χ2n) is 5.52. The lowest BCUT2D eigenvalue weighted by molar-refractivity contribution is 0.274. The van der Waals surface area contributed by atoms with Gasteiger partial charge in [0.1, 0.15) is 6.33 Å². The first kappa shape index (κ1) is 13.1. The zero-order valence-corrected chi connectivity index (χ0v) is 11.9. The van der Waals surface area contributed by atoms with Crippen LogP contribution in [0.3, 0.4) is 0 Å². The molecule has 1 saturated heterocycles. The van der Waals surface area contributed by atoms with Gasteiger partial charge in [0.15, 0.2) is 0 Å². The minimum Gasteiger partial charge on any atom is -0.381 e. The molecular formula is C14H20N6. The summed E-state index contributed by atoms with van der Waals surface area (Å²) in [6.45, 7) is 6.80. The van der Waals surface area contributed by atoms with Crippen LogP contribution < -0.4 is 5.32 Å². The van der Waals surface area contributed by atoms with Gasteiger partial charge in [0.05, 0.1) is 5.69 Å². The number of aromatic nitrogens is 4. The van der Waals surface area contributed by atoms with Crippen molar-refractivity contribution in [2.75, 3.05) is 18.4 Å². The summed E-state index contributed by atoms with van der Waals surface area (Å²) in [4.78, 5) is 2.51. The zero-order chi connectivity index (χ0) is 13.9. The molecule has 106 valence electrons. The Bertz CT molecular complexity index is 533. The molecule has 0 aliphatic carbocycles. The summed E-state index contributed by atoms with van der Waals surface area (Å²) >= 11 is 0. The molecule has 0 amide bonds. The third-order valence-corrected chi connectivity index (χ3v) is 3.80. The Morgan fingerprint density at radius 1 is 1.25 bits per heavy atom. The highest BCUT2D eigenvalue weighted by atomic mass is 15.5. The Balaban J connectivity index is 1.62. The number of nitrogens with one attached hydrogen (secondary N) is 1. The fourth-order valence-corrected chi connectivity index (χ4v) is 2.60. The smallest absolute Gasteiger partial charge is 0.143 e. The molecule has 1 unspecified atom stereocenters. The van der Waals surface area contributed by atoms with Crippen LogP contribution in [-0.4, -0.2) is 50.3 Å². The van der Waals surface area contributed by atoms with Gasteiger partial charge < -0.3 is 5.32 Å². The average Bonchev–Trinajstić information content (AvgIpc) is 3.10. The normalized spacial score (nSPS) is 19.6. The van der Waals surface area contributed by atoms with Crippen LogP contribution >= 0.6 is 0 Å². The van der Waals surface area contributed by atoms with Gasteiger partial charge in [-0.05, 0) is 55.0 Å². The summed E-state index contributed by atoms with van der Waals surface area (Å²) < 4.78 is 1.65. The first-order valence-electron chi connectivity index (χ1n) is 7.06. The Morgan fingerprint density at radius 2 is 2.05 bits per heavy atom. The standard InChI is InChI=1S/C14H20N6/c1-11(2)19-8-7-13(9-19)16-12-3-5-14(6-4-12)20-10-15-17-18-20/h3-6,10-11,13,16H,7-9H2,1-2H3. The van der Waals surface area contributed by atoms with E-state index < -0.39 is 0 Å². The zero-order valence-electron chi connectivity index (χ0n) is 11.9. The second-order valence-corrected chi connectivity index (χ2v) is 5.52. The van der Waals surface area contributed by atoms with Crippen molar-refractivity contribution < 1.29 is 0 Å². The number of rotatable bonds is 4. The maximum absolute atomic E-state index is 3.88. The number of hydrogen-bond acceptors (Lipinski definition) is 5. The molecule has 20 heavy (non-hydrogen) atoms. The minimum absolute atomic E-state index is 0.538. The first-order chi connectivity index (χ1) is 9.72. The third-order valence-electron chi connectivity index (χ3n) is 3.80. The fraction of sp³-hybridized carbons (Fsp3) is 0.500. The van der Waals surface area contributed by atoms with E-state index in [-0.39, 0.29) is 0 Å². The van der Waals surface area contributed by atoms with E-state index in [2.05, 4.69) is 51.7 Å². The summed E-state index contributed by atoms with van der Waals surface area (Å²) in [5.41, 5.74) is 2.12. The molecule has 1 N–H and O–H groups in total. The van der Waals surface area contributed by atoms with Crippen molar-refractivity contribution in [3.8, 4) is 5.69 Å². The Kier molecular flexibility index (Phi) is 3.64. The number of nitrogens with zero attached hydrogens (tertiary/aromatic N) is 5. The predicted octanol–water partition coefficient (Wildman–Crippen LogP) is 1.56. The Hall–Kier alpha value is -1.95. The molecule has 6 heteroatoms. The van der Waals surface area contributed by atoms with E-state index in [1.807, 2.05) is 12.1 Å². The molecule has 3 rings (SSSR count). The van der Waals surface area contributed by atoms with Crippen molar-refractivity contribution >= 4 is 5.69 Å². The van der Waals surface area contributed by atoms with Gasteiger partial charge in [-0.2, -0.15) is 0 Å². The summed E-state index contributed by atoms with van der Waals surface area (Å²) in [6.07, 6.45) is 2.80. The van der Waals surface area contributed by atoms with Gasteiger partial charge >= 0.3 is 0 Å². The molecule has 1 aliphatic rings. The summed E-state index contributed by atoms with van der Waals surface area (Å²) in [5.74, 6) is 0. The third kappa shape index (κ3) is 2.80. The Morgan fingerprint density at radius 3 is 2.65 bits per heavy atom. The van der Waals surface area contributed by atoms with Gasteiger partial charge in [0, 0.05) is 30.9 Å². The number of tetrazole rings is 1. The van der Waals surface area contributed by atoms with Gasteiger partial charge in [-0.15, -0.1) is 5.10 Å². The van der Waals surface area contributed by atoms with Crippen LogP contribution in [0, 0.1) is 0 Å². The molecule has 1 atom stereocenters. The average molecular weight is 272 g/mol. The molecule has 0 bridgehead atoms. The molecule has 1 aliphatic heterocycles.